The van der Waals surface area contributed by atoms with Crippen molar-refractivity contribution in [2.24, 2.45) is 5.92 Å². The van der Waals surface area contributed by atoms with E-state index in [1.807, 2.05) is 14.1 Å². The topological polar surface area (TPSA) is 72.9 Å². The van der Waals surface area contributed by atoms with Gasteiger partial charge in [0.05, 0.1) is 5.92 Å². The molecule has 2 unspecified atom stereocenters. The van der Waals surface area contributed by atoms with Crippen LogP contribution in [0, 0.1) is 5.92 Å². The average Bonchev–Trinajstić information content (AvgIpc) is 2.77. The molecule has 1 saturated heterocycles. The molecule has 1 rings (SSSR count). The van der Waals surface area contributed by atoms with Gasteiger partial charge in [-0.15, -0.1) is 0 Å². The van der Waals surface area contributed by atoms with Crippen LogP contribution in [0.25, 0.3) is 0 Å². The van der Waals surface area contributed by atoms with Gasteiger partial charge in [0.2, 0.25) is 0 Å². The van der Waals surface area contributed by atoms with E-state index in [4.69, 9.17) is 5.11 Å². The van der Waals surface area contributed by atoms with E-state index in [2.05, 4.69) is 10.2 Å². The highest BCUT2D eigenvalue weighted by Gasteiger charge is 2.27. The Morgan fingerprint density at radius 1 is 1.50 bits per heavy atom. The molecule has 0 aromatic heterocycles. The van der Waals surface area contributed by atoms with E-state index in [0.29, 0.717) is 19.0 Å². The number of likely N-dealkylation sites (N-methyl/N-ethyl adjacent to an activating group) is 1. The maximum absolute atomic E-state index is 11.8. The van der Waals surface area contributed by atoms with Crippen molar-refractivity contribution in [2.45, 2.75) is 25.8 Å². The summed E-state index contributed by atoms with van der Waals surface area (Å²) in [5.74, 6) is -1.24. The maximum atomic E-state index is 11.8. The van der Waals surface area contributed by atoms with Crippen LogP contribution < -0.4 is 5.32 Å². The molecule has 1 heterocycles. The number of hydrogen-bond donors (Lipinski definition) is 2. The summed E-state index contributed by atoms with van der Waals surface area (Å²) in [4.78, 5) is 26.3. The zero-order valence-corrected chi connectivity index (χ0v) is 11.3. The van der Waals surface area contributed by atoms with Gasteiger partial charge >= 0.3 is 12.0 Å². The monoisotopic (exact) mass is 257 g/mol. The average molecular weight is 257 g/mol. The molecule has 2 N–H and O–H groups in total. The molecule has 2 amide bonds. The number of rotatable bonds is 5. The molecule has 6 heteroatoms. The maximum Gasteiger partial charge on any atom is 0.317 e. The second kappa shape index (κ2) is 6.58. The number of likely N-dealkylation sites (tertiary alicyclic amines) is 1. The molecule has 0 aromatic carbocycles. The second-order valence-corrected chi connectivity index (χ2v) is 5.11. The summed E-state index contributed by atoms with van der Waals surface area (Å²) in [6.07, 6.45) is 1.46. The first-order chi connectivity index (χ1) is 8.41. The number of carboxylic acid groups (broad SMARTS) is 1. The largest absolute Gasteiger partial charge is 0.481 e. The molecule has 0 spiro atoms. The molecule has 1 aliphatic rings. The first-order valence-corrected chi connectivity index (χ1v) is 6.33. The van der Waals surface area contributed by atoms with E-state index < -0.39 is 11.9 Å². The molecule has 2 atom stereocenters. The van der Waals surface area contributed by atoms with Crippen molar-refractivity contribution < 1.29 is 14.7 Å². The van der Waals surface area contributed by atoms with Gasteiger partial charge in [0, 0.05) is 25.7 Å². The van der Waals surface area contributed by atoms with Crippen LogP contribution in [0.4, 0.5) is 4.79 Å². The van der Waals surface area contributed by atoms with Crippen molar-refractivity contribution >= 4 is 12.0 Å². The summed E-state index contributed by atoms with van der Waals surface area (Å²) in [5, 5.41) is 11.5. The highest BCUT2D eigenvalue weighted by atomic mass is 16.4. The van der Waals surface area contributed by atoms with Crippen molar-refractivity contribution in [3.05, 3.63) is 0 Å². The van der Waals surface area contributed by atoms with Crippen LogP contribution in [0.5, 0.6) is 0 Å². The third-order valence-corrected chi connectivity index (χ3v) is 3.46. The summed E-state index contributed by atoms with van der Waals surface area (Å²) in [6.45, 7) is 3.57. The lowest BCUT2D eigenvalue weighted by molar-refractivity contribution is -0.141. The smallest absolute Gasteiger partial charge is 0.317 e. The van der Waals surface area contributed by atoms with Crippen molar-refractivity contribution in [3.8, 4) is 0 Å². The summed E-state index contributed by atoms with van der Waals surface area (Å²) < 4.78 is 0. The molecule has 1 aliphatic heterocycles. The number of carbonyl (C=O) groups excluding carboxylic acids is 1. The first kappa shape index (κ1) is 14.8. The predicted octanol–water partition coefficient (Wildman–Crippen LogP) is 0.443. The van der Waals surface area contributed by atoms with Crippen LogP contribution >= 0.6 is 0 Å². The summed E-state index contributed by atoms with van der Waals surface area (Å²) in [5.41, 5.74) is 0. The van der Waals surface area contributed by atoms with Crippen LogP contribution in [-0.2, 0) is 4.79 Å². The lowest BCUT2D eigenvalue weighted by Crippen LogP contribution is -2.41. The van der Waals surface area contributed by atoms with Crippen LogP contribution in [0.3, 0.4) is 0 Å². The van der Waals surface area contributed by atoms with Gasteiger partial charge in [-0.05, 0) is 26.9 Å². The Hall–Kier alpha value is -1.30. The van der Waals surface area contributed by atoms with Gasteiger partial charge in [0.1, 0.15) is 0 Å². The molecular formula is C12H23N3O3. The number of aliphatic carboxylic acids is 1. The molecule has 0 radical (unpaired) electrons. The Bertz CT molecular complexity index is 307. The fourth-order valence-corrected chi connectivity index (χ4v) is 1.98. The fourth-order valence-electron chi connectivity index (χ4n) is 1.98. The van der Waals surface area contributed by atoms with Gasteiger partial charge in [-0.25, -0.2) is 4.79 Å². The Morgan fingerprint density at radius 3 is 2.67 bits per heavy atom. The zero-order chi connectivity index (χ0) is 13.7. The molecule has 0 bridgehead atoms. The predicted molar refractivity (Wildman–Crippen MR) is 68.5 cm³/mol. The van der Waals surface area contributed by atoms with E-state index >= 15 is 0 Å². The van der Waals surface area contributed by atoms with Crippen molar-refractivity contribution in [1.82, 2.24) is 15.1 Å². The number of nitrogens with zero attached hydrogens (tertiary/aromatic N) is 2. The van der Waals surface area contributed by atoms with E-state index in [-0.39, 0.29) is 6.03 Å². The third-order valence-electron chi connectivity index (χ3n) is 3.46. The van der Waals surface area contributed by atoms with E-state index in [1.165, 1.54) is 0 Å². The SMILES string of the molecule is CC(CCNC(=O)N1CCC(N(C)C)C1)C(=O)O. The Balaban J connectivity index is 2.24. The minimum absolute atomic E-state index is 0.0862. The summed E-state index contributed by atoms with van der Waals surface area (Å²) in [7, 11) is 4.03. The number of amides is 2. The fraction of sp³-hybridized carbons (Fsp3) is 0.833. The minimum Gasteiger partial charge on any atom is -0.481 e. The molecule has 0 aliphatic carbocycles. The Morgan fingerprint density at radius 2 is 2.17 bits per heavy atom. The highest BCUT2D eigenvalue weighted by molar-refractivity contribution is 5.74. The van der Waals surface area contributed by atoms with Gasteiger partial charge in [0.15, 0.2) is 0 Å². The molecule has 0 saturated carbocycles. The minimum atomic E-state index is -0.821. The Labute approximate surface area is 108 Å². The number of carbonyl (C=O) groups is 2. The highest BCUT2D eigenvalue weighted by Crippen LogP contribution is 2.13. The number of nitrogens with one attached hydrogen (secondary N) is 1. The number of hydrogen-bond acceptors (Lipinski definition) is 3. The van der Waals surface area contributed by atoms with Gasteiger partial charge in [-0.2, -0.15) is 0 Å². The zero-order valence-electron chi connectivity index (χ0n) is 11.3. The summed E-state index contributed by atoms with van der Waals surface area (Å²) in [6, 6.07) is 0.339. The quantitative estimate of drug-likeness (QED) is 0.749. The van der Waals surface area contributed by atoms with Crippen molar-refractivity contribution in [2.75, 3.05) is 33.7 Å². The number of carboxylic acids is 1. The molecular weight excluding hydrogens is 234 g/mol. The lowest BCUT2D eigenvalue weighted by atomic mass is 10.1. The number of urea groups is 1. The normalized spacial score (nSPS) is 21.1. The molecule has 0 aromatic rings. The first-order valence-electron chi connectivity index (χ1n) is 6.33. The standard InChI is InChI=1S/C12H23N3O3/c1-9(11(16)17)4-6-13-12(18)15-7-5-10(8-15)14(2)3/h9-10H,4-8H2,1-3H3,(H,13,18)(H,16,17). The van der Waals surface area contributed by atoms with Crippen LogP contribution in [0.15, 0.2) is 0 Å². The molecule has 6 nitrogen and oxygen atoms in total. The van der Waals surface area contributed by atoms with E-state index in [9.17, 15) is 9.59 Å². The van der Waals surface area contributed by atoms with E-state index in [0.717, 1.165) is 19.5 Å². The van der Waals surface area contributed by atoms with Gasteiger partial charge in [-0.1, -0.05) is 6.92 Å². The molecule has 1 fully saturated rings. The van der Waals surface area contributed by atoms with Crippen molar-refractivity contribution in [3.63, 3.8) is 0 Å². The van der Waals surface area contributed by atoms with E-state index in [1.54, 1.807) is 11.8 Å². The van der Waals surface area contributed by atoms with Gasteiger partial charge < -0.3 is 20.2 Å². The summed E-state index contributed by atoms with van der Waals surface area (Å²) >= 11 is 0. The van der Waals surface area contributed by atoms with Gasteiger partial charge in [-0.3, -0.25) is 4.79 Å². The molecule has 104 valence electrons. The van der Waals surface area contributed by atoms with Crippen LogP contribution in [-0.4, -0.2) is 66.7 Å². The van der Waals surface area contributed by atoms with Crippen LogP contribution in [0.1, 0.15) is 19.8 Å². The lowest BCUT2D eigenvalue weighted by Gasteiger charge is -2.20. The second-order valence-electron chi connectivity index (χ2n) is 5.11. The van der Waals surface area contributed by atoms with Gasteiger partial charge in [0.25, 0.3) is 0 Å². The third kappa shape index (κ3) is 4.18. The van der Waals surface area contributed by atoms with Crippen LogP contribution in [0.2, 0.25) is 0 Å². The van der Waals surface area contributed by atoms with Crippen molar-refractivity contribution in [1.29, 1.82) is 0 Å². The molecule has 18 heavy (non-hydrogen) atoms. The Kier molecular flexibility index (Phi) is 5.40.